The van der Waals surface area contributed by atoms with Gasteiger partial charge in [0.25, 0.3) is 0 Å². The minimum absolute atomic E-state index is 0.104. The predicted octanol–water partition coefficient (Wildman–Crippen LogP) is 2.98. The summed E-state index contributed by atoms with van der Waals surface area (Å²) in [5.41, 5.74) is 2.09. The zero-order chi connectivity index (χ0) is 13.7. The largest absolute Gasteiger partial charge is 0.481 e. The van der Waals surface area contributed by atoms with Gasteiger partial charge < -0.3 is 10.4 Å². The van der Waals surface area contributed by atoms with Gasteiger partial charge in [0.2, 0.25) is 0 Å². The fourth-order valence-corrected chi connectivity index (χ4v) is 2.36. The number of nitrogens with one attached hydrogen (secondary N) is 1. The average Bonchev–Trinajstić information content (AvgIpc) is 3.19. The lowest BCUT2D eigenvalue weighted by atomic mass is 10.1. The van der Waals surface area contributed by atoms with E-state index in [-0.39, 0.29) is 6.42 Å². The normalized spacial score (nSPS) is 16.3. The summed E-state index contributed by atoms with van der Waals surface area (Å²) in [6, 6.07) is 8.48. The van der Waals surface area contributed by atoms with Gasteiger partial charge >= 0.3 is 5.97 Å². The first-order valence-electron chi connectivity index (χ1n) is 7.20. The van der Waals surface area contributed by atoms with Crippen LogP contribution in [-0.4, -0.2) is 17.1 Å². The van der Waals surface area contributed by atoms with E-state index in [1.165, 1.54) is 31.2 Å². The van der Waals surface area contributed by atoms with Gasteiger partial charge in [-0.2, -0.15) is 0 Å². The van der Waals surface area contributed by atoms with Crippen LogP contribution < -0.4 is 5.32 Å². The molecule has 1 atom stereocenters. The van der Waals surface area contributed by atoms with Crippen molar-refractivity contribution in [3.05, 3.63) is 35.4 Å². The van der Waals surface area contributed by atoms with Crippen molar-refractivity contribution < 1.29 is 9.90 Å². The molecule has 1 saturated carbocycles. The van der Waals surface area contributed by atoms with Crippen LogP contribution in [-0.2, 0) is 17.8 Å². The number of rotatable bonds is 8. The summed E-state index contributed by atoms with van der Waals surface area (Å²) >= 11 is 0. The van der Waals surface area contributed by atoms with Crippen molar-refractivity contribution in [2.24, 2.45) is 5.92 Å². The summed E-state index contributed by atoms with van der Waals surface area (Å²) in [5, 5.41) is 12.3. The van der Waals surface area contributed by atoms with Crippen molar-refractivity contribution in [1.82, 2.24) is 5.32 Å². The van der Waals surface area contributed by atoms with Crippen LogP contribution in [0.4, 0.5) is 0 Å². The van der Waals surface area contributed by atoms with Crippen molar-refractivity contribution in [2.45, 2.75) is 51.6 Å². The molecule has 0 aromatic heterocycles. The quantitative estimate of drug-likeness (QED) is 0.756. The molecule has 0 spiro atoms. The van der Waals surface area contributed by atoms with Gasteiger partial charge in [0.1, 0.15) is 0 Å². The highest BCUT2D eigenvalue weighted by Crippen LogP contribution is 2.34. The molecule has 0 radical (unpaired) electrons. The van der Waals surface area contributed by atoms with Crippen molar-refractivity contribution in [3.8, 4) is 0 Å². The van der Waals surface area contributed by atoms with Crippen molar-refractivity contribution in [1.29, 1.82) is 0 Å². The highest BCUT2D eigenvalue weighted by atomic mass is 16.4. The summed E-state index contributed by atoms with van der Waals surface area (Å²) in [5.74, 6) is 0.178. The lowest BCUT2D eigenvalue weighted by Gasteiger charge is -2.16. The third-order valence-corrected chi connectivity index (χ3v) is 3.78. The fourth-order valence-electron chi connectivity index (χ4n) is 2.36. The predicted molar refractivity (Wildman–Crippen MR) is 76.0 cm³/mol. The maximum Gasteiger partial charge on any atom is 0.307 e. The number of benzene rings is 1. The number of hydrogen-bond acceptors (Lipinski definition) is 2. The second-order valence-corrected chi connectivity index (χ2v) is 5.55. The summed E-state index contributed by atoms with van der Waals surface area (Å²) in [4.78, 5) is 10.6. The Morgan fingerprint density at radius 1 is 1.32 bits per heavy atom. The second-order valence-electron chi connectivity index (χ2n) is 5.55. The van der Waals surface area contributed by atoms with Crippen LogP contribution in [0.15, 0.2) is 24.3 Å². The Morgan fingerprint density at radius 3 is 2.47 bits per heavy atom. The van der Waals surface area contributed by atoms with Gasteiger partial charge in [-0.25, -0.2) is 0 Å². The van der Waals surface area contributed by atoms with E-state index in [0.29, 0.717) is 6.04 Å². The zero-order valence-electron chi connectivity index (χ0n) is 11.6. The Labute approximate surface area is 115 Å². The zero-order valence-corrected chi connectivity index (χ0v) is 11.6. The molecule has 2 N–H and O–H groups in total. The first-order valence-corrected chi connectivity index (χ1v) is 7.20. The van der Waals surface area contributed by atoms with Gasteiger partial charge in [-0.05, 0) is 29.9 Å². The minimum atomic E-state index is -0.777. The Morgan fingerprint density at radius 2 is 1.95 bits per heavy atom. The van der Waals surface area contributed by atoms with Gasteiger partial charge in [-0.3, -0.25) is 4.79 Å². The smallest absolute Gasteiger partial charge is 0.307 e. The van der Waals surface area contributed by atoms with E-state index in [9.17, 15) is 4.79 Å². The van der Waals surface area contributed by atoms with Crippen molar-refractivity contribution in [3.63, 3.8) is 0 Å². The topological polar surface area (TPSA) is 49.3 Å². The molecule has 0 aliphatic heterocycles. The van der Waals surface area contributed by atoms with E-state index in [1.807, 2.05) is 24.3 Å². The molecule has 3 nitrogen and oxygen atoms in total. The molecule has 1 aromatic carbocycles. The molecule has 104 valence electrons. The molecular weight excluding hydrogens is 238 g/mol. The van der Waals surface area contributed by atoms with Gasteiger partial charge in [0, 0.05) is 12.6 Å². The maximum atomic E-state index is 10.6. The molecule has 0 amide bonds. The van der Waals surface area contributed by atoms with E-state index < -0.39 is 5.97 Å². The molecule has 19 heavy (non-hydrogen) atoms. The molecule has 0 bridgehead atoms. The number of hydrogen-bond donors (Lipinski definition) is 2. The molecule has 2 rings (SSSR count). The minimum Gasteiger partial charge on any atom is -0.481 e. The monoisotopic (exact) mass is 261 g/mol. The van der Waals surface area contributed by atoms with Crippen LogP contribution in [0.25, 0.3) is 0 Å². The lowest BCUT2D eigenvalue weighted by Crippen LogP contribution is -2.28. The Hall–Kier alpha value is -1.35. The first-order chi connectivity index (χ1) is 9.17. The summed E-state index contributed by atoms with van der Waals surface area (Å²) in [6.07, 6.45) is 5.39. The number of carboxylic acids is 1. The lowest BCUT2D eigenvalue weighted by molar-refractivity contribution is -0.136. The van der Waals surface area contributed by atoms with Gasteiger partial charge in [0.05, 0.1) is 6.42 Å². The van der Waals surface area contributed by atoms with Crippen LogP contribution in [0.3, 0.4) is 0 Å². The molecule has 1 aromatic rings. The Kier molecular flexibility index (Phi) is 4.97. The van der Waals surface area contributed by atoms with E-state index >= 15 is 0 Å². The Bertz CT molecular complexity index is 409. The molecule has 3 heteroatoms. The molecule has 1 unspecified atom stereocenters. The fraction of sp³-hybridized carbons (Fsp3) is 0.562. The summed E-state index contributed by atoms with van der Waals surface area (Å²) < 4.78 is 0. The second kappa shape index (κ2) is 6.71. The molecule has 1 fully saturated rings. The maximum absolute atomic E-state index is 10.6. The first kappa shape index (κ1) is 14.1. The van der Waals surface area contributed by atoms with Gasteiger partial charge in [-0.15, -0.1) is 0 Å². The van der Waals surface area contributed by atoms with Crippen LogP contribution >= 0.6 is 0 Å². The number of carboxylic acid groups (broad SMARTS) is 1. The van der Waals surface area contributed by atoms with Gasteiger partial charge in [0.15, 0.2) is 0 Å². The SMILES string of the molecule is CCC(CC1CC1)NCc1ccc(CC(=O)O)cc1. The third-order valence-electron chi connectivity index (χ3n) is 3.78. The molecule has 0 saturated heterocycles. The van der Waals surface area contributed by atoms with Crippen molar-refractivity contribution in [2.75, 3.05) is 0 Å². The highest BCUT2D eigenvalue weighted by molar-refractivity contribution is 5.70. The summed E-state index contributed by atoms with van der Waals surface area (Å²) in [7, 11) is 0. The van der Waals surface area contributed by atoms with E-state index in [2.05, 4.69) is 12.2 Å². The molecule has 1 aliphatic rings. The van der Waals surface area contributed by atoms with E-state index in [4.69, 9.17) is 5.11 Å². The van der Waals surface area contributed by atoms with Crippen LogP contribution in [0, 0.1) is 5.92 Å². The van der Waals surface area contributed by atoms with Gasteiger partial charge in [-0.1, -0.05) is 44.0 Å². The average molecular weight is 261 g/mol. The van der Waals surface area contributed by atoms with Crippen LogP contribution in [0.2, 0.25) is 0 Å². The third kappa shape index (κ3) is 5.03. The van der Waals surface area contributed by atoms with Crippen molar-refractivity contribution >= 4 is 5.97 Å². The molecular formula is C16H23NO2. The van der Waals surface area contributed by atoms with Crippen LogP contribution in [0.1, 0.15) is 43.7 Å². The summed E-state index contributed by atoms with van der Waals surface area (Å²) in [6.45, 7) is 3.11. The standard InChI is InChI=1S/C16H23NO2/c1-2-15(9-12-3-4-12)17-11-14-7-5-13(6-8-14)10-16(18)19/h5-8,12,15,17H,2-4,9-11H2,1H3,(H,18,19). The Balaban J connectivity index is 1.79. The highest BCUT2D eigenvalue weighted by Gasteiger charge is 2.24. The number of aliphatic carboxylic acids is 1. The molecule has 0 heterocycles. The number of carbonyl (C=O) groups is 1. The van der Waals surface area contributed by atoms with E-state index in [1.54, 1.807) is 0 Å². The van der Waals surface area contributed by atoms with E-state index in [0.717, 1.165) is 18.0 Å². The van der Waals surface area contributed by atoms with Crippen LogP contribution in [0.5, 0.6) is 0 Å². The molecule has 1 aliphatic carbocycles.